The number of nitrogens with one attached hydrogen (secondary N) is 1. The zero-order valence-electron chi connectivity index (χ0n) is 17.2. The molecule has 26 heavy (non-hydrogen) atoms. The highest BCUT2D eigenvalue weighted by molar-refractivity contribution is 5.88. The maximum atomic E-state index is 11.7. The first-order valence-electron chi connectivity index (χ1n) is 9.49. The van der Waals surface area contributed by atoms with Gasteiger partial charge in [-0.1, -0.05) is 55.4 Å². The quantitative estimate of drug-likeness (QED) is 0.497. The highest BCUT2D eigenvalue weighted by Crippen LogP contribution is 2.40. The van der Waals surface area contributed by atoms with Gasteiger partial charge in [0, 0.05) is 12.6 Å². The summed E-state index contributed by atoms with van der Waals surface area (Å²) in [5.41, 5.74) is 5.27. The molecule has 0 aromatic carbocycles. The summed E-state index contributed by atoms with van der Waals surface area (Å²) >= 11 is 0. The summed E-state index contributed by atoms with van der Waals surface area (Å²) in [6.45, 7) is 12.8. The first-order chi connectivity index (χ1) is 12.1. The Labute approximate surface area is 159 Å². The third-order valence-corrected chi connectivity index (χ3v) is 4.70. The number of aliphatic hydroxyl groups excluding tert-OH is 1. The molecule has 1 amide bonds. The van der Waals surface area contributed by atoms with Gasteiger partial charge < -0.3 is 10.4 Å². The largest absolute Gasteiger partial charge is 0.392 e. The number of hydrogen-bond acceptors (Lipinski definition) is 2. The van der Waals surface area contributed by atoms with Gasteiger partial charge in [-0.3, -0.25) is 4.79 Å². The van der Waals surface area contributed by atoms with Crippen molar-refractivity contribution in [1.82, 2.24) is 5.32 Å². The lowest BCUT2D eigenvalue weighted by Gasteiger charge is -2.32. The second-order valence-corrected chi connectivity index (χ2v) is 8.02. The van der Waals surface area contributed by atoms with Crippen LogP contribution in [-0.4, -0.2) is 23.7 Å². The number of amides is 1. The van der Waals surface area contributed by atoms with Crippen LogP contribution in [0.15, 0.2) is 58.7 Å². The third kappa shape index (κ3) is 8.01. The molecule has 1 atom stereocenters. The lowest BCUT2D eigenvalue weighted by atomic mass is 9.72. The normalized spacial score (nSPS) is 20.1. The summed E-state index contributed by atoms with van der Waals surface area (Å²) in [4.78, 5) is 11.7. The van der Waals surface area contributed by atoms with Gasteiger partial charge in [0.15, 0.2) is 0 Å². The summed E-state index contributed by atoms with van der Waals surface area (Å²) in [6.07, 6.45) is 15.1. The molecule has 0 aromatic heterocycles. The van der Waals surface area contributed by atoms with Gasteiger partial charge in [0.05, 0.1) is 6.10 Å². The van der Waals surface area contributed by atoms with E-state index in [1.165, 1.54) is 42.1 Å². The number of aliphatic hydroxyl groups is 1. The zero-order chi connectivity index (χ0) is 19.7. The minimum absolute atomic E-state index is 0.185. The van der Waals surface area contributed by atoms with Crippen molar-refractivity contribution in [2.75, 3.05) is 6.54 Å². The molecule has 3 heteroatoms. The van der Waals surface area contributed by atoms with Crippen molar-refractivity contribution in [3.63, 3.8) is 0 Å². The Hall–Kier alpha value is -1.87. The molecule has 0 saturated heterocycles. The number of carbonyl (C=O) groups excluding carboxylic acids is 1. The predicted octanol–water partition coefficient (Wildman–Crippen LogP) is 5.02. The summed E-state index contributed by atoms with van der Waals surface area (Å²) in [7, 11) is 0. The molecule has 0 spiro atoms. The van der Waals surface area contributed by atoms with Gasteiger partial charge in [0.1, 0.15) is 0 Å². The van der Waals surface area contributed by atoms with E-state index in [-0.39, 0.29) is 17.9 Å². The fourth-order valence-corrected chi connectivity index (χ4v) is 3.19. The first-order valence-corrected chi connectivity index (χ1v) is 9.49. The molecule has 1 rings (SSSR count). The summed E-state index contributed by atoms with van der Waals surface area (Å²) < 4.78 is 0. The summed E-state index contributed by atoms with van der Waals surface area (Å²) in [5, 5.41) is 11.8. The Morgan fingerprint density at radius 1 is 1.27 bits per heavy atom. The van der Waals surface area contributed by atoms with Crippen molar-refractivity contribution in [3.8, 4) is 0 Å². The maximum Gasteiger partial charge on any atom is 0.244 e. The van der Waals surface area contributed by atoms with Gasteiger partial charge in [-0.15, -0.1) is 0 Å². The minimum atomic E-state index is -0.534. The Bertz CT molecular complexity index is 643. The van der Waals surface area contributed by atoms with E-state index in [1.54, 1.807) is 6.92 Å². The van der Waals surface area contributed by atoms with Crippen LogP contribution in [0, 0.1) is 5.41 Å². The lowest BCUT2D eigenvalue weighted by Crippen LogP contribution is -2.29. The van der Waals surface area contributed by atoms with E-state index in [1.807, 2.05) is 25.2 Å². The van der Waals surface area contributed by atoms with E-state index < -0.39 is 6.10 Å². The van der Waals surface area contributed by atoms with E-state index in [2.05, 4.69) is 45.2 Å². The van der Waals surface area contributed by atoms with E-state index in [0.29, 0.717) is 0 Å². The molecule has 1 aliphatic carbocycles. The highest BCUT2D eigenvalue weighted by atomic mass is 16.3. The first kappa shape index (κ1) is 22.2. The molecule has 144 valence electrons. The van der Waals surface area contributed by atoms with Crippen LogP contribution in [0.2, 0.25) is 0 Å². The third-order valence-electron chi connectivity index (χ3n) is 4.70. The van der Waals surface area contributed by atoms with Crippen LogP contribution in [0.1, 0.15) is 60.8 Å². The fourth-order valence-electron chi connectivity index (χ4n) is 3.19. The molecule has 3 nitrogen and oxygen atoms in total. The van der Waals surface area contributed by atoms with Crippen LogP contribution in [0.5, 0.6) is 0 Å². The van der Waals surface area contributed by atoms with Crippen LogP contribution in [-0.2, 0) is 4.79 Å². The Morgan fingerprint density at radius 2 is 1.96 bits per heavy atom. The predicted molar refractivity (Wildman–Crippen MR) is 111 cm³/mol. The van der Waals surface area contributed by atoms with Crippen LogP contribution in [0.25, 0.3) is 0 Å². The summed E-state index contributed by atoms with van der Waals surface area (Å²) in [6, 6.07) is 0. The molecule has 0 radical (unpaired) electrons. The van der Waals surface area contributed by atoms with Gasteiger partial charge >= 0.3 is 0 Å². The molecular formula is C23H35NO2. The van der Waals surface area contributed by atoms with Crippen LogP contribution in [0.4, 0.5) is 0 Å². The molecule has 0 bridgehead atoms. The molecule has 1 unspecified atom stereocenters. The van der Waals surface area contributed by atoms with Crippen molar-refractivity contribution >= 4 is 5.91 Å². The van der Waals surface area contributed by atoms with Crippen LogP contribution >= 0.6 is 0 Å². The second-order valence-electron chi connectivity index (χ2n) is 8.02. The molecular weight excluding hydrogens is 322 g/mol. The van der Waals surface area contributed by atoms with Gasteiger partial charge in [-0.25, -0.2) is 0 Å². The SMILES string of the molecule is CC(C=CC1=C(C)CCCC1(C)C)=CC=CC(C)=CC(=O)NCC(C)O. The maximum absolute atomic E-state index is 11.7. The minimum Gasteiger partial charge on any atom is -0.392 e. The van der Waals surface area contributed by atoms with Gasteiger partial charge in [0.2, 0.25) is 5.91 Å². The molecule has 0 saturated carbocycles. The Kier molecular flexibility index (Phi) is 8.80. The van der Waals surface area contributed by atoms with Crippen molar-refractivity contribution in [2.24, 2.45) is 5.41 Å². The van der Waals surface area contributed by atoms with Crippen LogP contribution < -0.4 is 5.32 Å². The van der Waals surface area contributed by atoms with E-state index >= 15 is 0 Å². The lowest BCUT2D eigenvalue weighted by molar-refractivity contribution is -0.116. The monoisotopic (exact) mass is 357 g/mol. The number of rotatable bonds is 7. The topological polar surface area (TPSA) is 49.3 Å². The standard InChI is InChI=1S/C23H35NO2/c1-17(12-13-21-19(3)11-8-14-23(21,5)6)9-7-10-18(2)15-22(26)24-16-20(4)25/h7,9-10,12-13,15,20,25H,8,11,14,16H2,1-6H3,(H,24,26). The van der Waals surface area contributed by atoms with Crippen LogP contribution in [0.3, 0.4) is 0 Å². The summed E-state index contributed by atoms with van der Waals surface area (Å²) in [5.74, 6) is -0.185. The average molecular weight is 358 g/mol. The van der Waals surface area contributed by atoms with E-state index in [4.69, 9.17) is 5.11 Å². The van der Waals surface area contributed by atoms with Crippen molar-refractivity contribution in [3.05, 3.63) is 58.7 Å². The zero-order valence-corrected chi connectivity index (χ0v) is 17.2. The van der Waals surface area contributed by atoms with Gasteiger partial charge in [-0.2, -0.15) is 0 Å². The van der Waals surface area contributed by atoms with Gasteiger partial charge in [0.25, 0.3) is 0 Å². The van der Waals surface area contributed by atoms with Crippen molar-refractivity contribution < 1.29 is 9.90 Å². The van der Waals surface area contributed by atoms with E-state index in [9.17, 15) is 4.79 Å². The Balaban J connectivity index is 2.67. The molecule has 1 aliphatic rings. The van der Waals surface area contributed by atoms with Crippen molar-refractivity contribution in [1.29, 1.82) is 0 Å². The van der Waals surface area contributed by atoms with Gasteiger partial charge in [-0.05, 0) is 63.5 Å². The number of allylic oxidation sites excluding steroid dienone is 9. The van der Waals surface area contributed by atoms with E-state index in [0.717, 1.165) is 5.57 Å². The molecule has 0 fully saturated rings. The smallest absolute Gasteiger partial charge is 0.244 e. The highest BCUT2D eigenvalue weighted by Gasteiger charge is 2.26. The molecule has 0 aliphatic heterocycles. The molecule has 2 N–H and O–H groups in total. The second kappa shape index (κ2) is 10.3. The molecule has 0 aromatic rings. The fraction of sp³-hybridized carbons (Fsp3) is 0.522. The average Bonchev–Trinajstić information content (AvgIpc) is 2.51. The molecule has 0 heterocycles. The Morgan fingerprint density at radius 3 is 2.58 bits per heavy atom. The van der Waals surface area contributed by atoms with Crippen molar-refractivity contribution in [2.45, 2.75) is 66.9 Å². The number of hydrogen-bond donors (Lipinski definition) is 2. The number of carbonyl (C=O) groups is 1.